The Kier molecular flexibility index (Phi) is 3.67. The molecule has 1 aliphatic carbocycles. The first kappa shape index (κ1) is 15.0. The fourth-order valence-corrected chi connectivity index (χ4v) is 2.78. The number of carbonyl (C=O) groups excluding carboxylic acids is 1. The highest BCUT2D eigenvalue weighted by atomic mass is 16.5. The van der Waals surface area contributed by atoms with Gasteiger partial charge in [-0.05, 0) is 13.3 Å². The van der Waals surface area contributed by atoms with Crippen molar-refractivity contribution in [1.82, 2.24) is 10.3 Å². The summed E-state index contributed by atoms with van der Waals surface area (Å²) in [7, 11) is 1.72. The van der Waals surface area contributed by atoms with Crippen molar-refractivity contribution in [2.45, 2.75) is 58.6 Å². The minimum absolute atomic E-state index is 0.0802. The Balaban J connectivity index is 2.09. The standard InChI is InChI=1S/C15H24N2O3/c1-9(2)12-11(16-8-20-12)13(18)17-10-7-15(5,19-6)14(10,3)4/h8-10H,7H2,1-6H3,(H,17,18). The Labute approximate surface area is 120 Å². The number of nitrogens with zero attached hydrogens (tertiary/aromatic N) is 1. The molecule has 1 saturated carbocycles. The minimum atomic E-state index is -0.199. The Morgan fingerprint density at radius 3 is 2.65 bits per heavy atom. The summed E-state index contributed by atoms with van der Waals surface area (Å²) in [5.74, 6) is 0.602. The third kappa shape index (κ3) is 2.14. The number of ether oxygens (including phenoxy) is 1. The fourth-order valence-electron chi connectivity index (χ4n) is 2.78. The normalized spacial score (nSPS) is 28.2. The largest absolute Gasteiger partial charge is 0.447 e. The maximum atomic E-state index is 12.3. The SMILES string of the molecule is COC1(C)CC(NC(=O)c2ncoc2C(C)C)C1(C)C. The van der Waals surface area contributed by atoms with Gasteiger partial charge in [-0.1, -0.05) is 27.7 Å². The summed E-state index contributed by atoms with van der Waals surface area (Å²) < 4.78 is 10.9. The van der Waals surface area contributed by atoms with Gasteiger partial charge in [-0.15, -0.1) is 0 Å². The molecule has 0 spiro atoms. The molecule has 0 radical (unpaired) electrons. The van der Waals surface area contributed by atoms with Gasteiger partial charge in [-0.25, -0.2) is 4.98 Å². The van der Waals surface area contributed by atoms with Crippen molar-refractivity contribution >= 4 is 5.91 Å². The molecule has 0 saturated heterocycles. The molecule has 1 aromatic rings. The van der Waals surface area contributed by atoms with Crippen molar-refractivity contribution in [3.8, 4) is 0 Å². The quantitative estimate of drug-likeness (QED) is 0.921. The number of hydrogen-bond donors (Lipinski definition) is 1. The molecule has 5 nitrogen and oxygen atoms in total. The van der Waals surface area contributed by atoms with Gasteiger partial charge < -0.3 is 14.5 Å². The van der Waals surface area contributed by atoms with Crippen LogP contribution in [0.4, 0.5) is 0 Å². The third-order valence-electron chi connectivity index (χ3n) is 4.92. The second-order valence-corrected chi connectivity index (χ2v) is 6.61. The van der Waals surface area contributed by atoms with E-state index >= 15 is 0 Å². The zero-order chi connectivity index (χ0) is 15.1. The van der Waals surface area contributed by atoms with Gasteiger partial charge in [-0.2, -0.15) is 0 Å². The van der Waals surface area contributed by atoms with E-state index in [0.717, 1.165) is 6.42 Å². The maximum Gasteiger partial charge on any atom is 0.273 e. The van der Waals surface area contributed by atoms with Crippen LogP contribution in [0.25, 0.3) is 0 Å². The molecular weight excluding hydrogens is 256 g/mol. The second-order valence-electron chi connectivity index (χ2n) is 6.61. The topological polar surface area (TPSA) is 64.4 Å². The molecule has 5 heteroatoms. The predicted molar refractivity (Wildman–Crippen MR) is 75.7 cm³/mol. The molecule has 1 amide bonds. The summed E-state index contributed by atoms with van der Waals surface area (Å²) in [5, 5.41) is 3.05. The van der Waals surface area contributed by atoms with E-state index in [4.69, 9.17) is 9.15 Å². The number of amides is 1. The molecule has 2 atom stereocenters. The lowest BCUT2D eigenvalue weighted by Crippen LogP contribution is -2.68. The van der Waals surface area contributed by atoms with Gasteiger partial charge >= 0.3 is 0 Å². The second kappa shape index (κ2) is 4.88. The lowest BCUT2D eigenvalue weighted by molar-refractivity contribution is -0.177. The number of methoxy groups -OCH3 is 1. The highest BCUT2D eigenvalue weighted by molar-refractivity contribution is 5.93. The van der Waals surface area contributed by atoms with Crippen LogP contribution in [0, 0.1) is 5.41 Å². The molecule has 1 fully saturated rings. The Hall–Kier alpha value is -1.36. The highest BCUT2D eigenvalue weighted by Gasteiger charge is 2.58. The van der Waals surface area contributed by atoms with Crippen molar-refractivity contribution in [1.29, 1.82) is 0 Å². The van der Waals surface area contributed by atoms with E-state index in [1.807, 2.05) is 13.8 Å². The van der Waals surface area contributed by atoms with E-state index in [-0.39, 0.29) is 28.9 Å². The van der Waals surface area contributed by atoms with Crippen LogP contribution in [0.3, 0.4) is 0 Å². The molecule has 1 heterocycles. The van der Waals surface area contributed by atoms with E-state index < -0.39 is 0 Å². The summed E-state index contributed by atoms with van der Waals surface area (Å²) in [6.45, 7) is 10.2. The zero-order valence-electron chi connectivity index (χ0n) is 13.1. The Morgan fingerprint density at radius 1 is 1.50 bits per heavy atom. The smallest absolute Gasteiger partial charge is 0.273 e. The lowest BCUT2D eigenvalue weighted by Gasteiger charge is -2.59. The number of rotatable bonds is 4. The first-order valence-electron chi connectivity index (χ1n) is 7.02. The molecule has 2 unspecified atom stereocenters. The Morgan fingerprint density at radius 2 is 2.15 bits per heavy atom. The van der Waals surface area contributed by atoms with Crippen LogP contribution in [0.5, 0.6) is 0 Å². The van der Waals surface area contributed by atoms with E-state index in [0.29, 0.717) is 11.5 Å². The fraction of sp³-hybridized carbons (Fsp3) is 0.733. The van der Waals surface area contributed by atoms with E-state index in [2.05, 4.69) is 31.1 Å². The summed E-state index contributed by atoms with van der Waals surface area (Å²) >= 11 is 0. The van der Waals surface area contributed by atoms with Crippen LogP contribution in [0.1, 0.15) is 63.2 Å². The van der Waals surface area contributed by atoms with E-state index in [1.54, 1.807) is 7.11 Å². The van der Waals surface area contributed by atoms with Gasteiger partial charge in [0.15, 0.2) is 12.1 Å². The minimum Gasteiger partial charge on any atom is -0.447 e. The first-order valence-corrected chi connectivity index (χ1v) is 7.02. The number of carbonyl (C=O) groups is 1. The third-order valence-corrected chi connectivity index (χ3v) is 4.92. The van der Waals surface area contributed by atoms with Crippen LogP contribution in [-0.2, 0) is 4.74 Å². The lowest BCUT2D eigenvalue weighted by atomic mass is 9.56. The molecule has 20 heavy (non-hydrogen) atoms. The van der Waals surface area contributed by atoms with Crippen LogP contribution in [0.2, 0.25) is 0 Å². The van der Waals surface area contributed by atoms with Crippen molar-refractivity contribution in [3.63, 3.8) is 0 Å². The molecule has 1 aliphatic rings. The van der Waals surface area contributed by atoms with Crippen molar-refractivity contribution in [3.05, 3.63) is 17.8 Å². The molecule has 0 bridgehead atoms. The van der Waals surface area contributed by atoms with Gasteiger partial charge in [-0.3, -0.25) is 4.79 Å². The maximum absolute atomic E-state index is 12.3. The van der Waals surface area contributed by atoms with Crippen LogP contribution < -0.4 is 5.32 Å². The summed E-state index contributed by atoms with van der Waals surface area (Å²) in [6, 6.07) is 0.0802. The zero-order valence-corrected chi connectivity index (χ0v) is 13.1. The van der Waals surface area contributed by atoms with Crippen LogP contribution in [0.15, 0.2) is 10.8 Å². The molecule has 112 valence electrons. The number of aromatic nitrogens is 1. The van der Waals surface area contributed by atoms with Crippen LogP contribution in [-0.4, -0.2) is 29.6 Å². The molecule has 2 rings (SSSR count). The van der Waals surface area contributed by atoms with E-state index in [9.17, 15) is 4.79 Å². The van der Waals surface area contributed by atoms with Gasteiger partial charge in [0.2, 0.25) is 0 Å². The average molecular weight is 280 g/mol. The van der Waals surface area contributed by atoms with E-state index in [1.165, 1.54) is 6.39 Å². The first-order chi connectivity index (χ1) is 9.23. The van der Waals surface area contributed by atoms with Crippen LogP contribution >= 0.6 is 0 Å². The number of hydrogen-bond acceptors (Lipinski definition) is 4. The number of oxazole rings is 1. The molecule has 0 aromatic carbocycles. The average Bonchev–Trinajstić information content (AvgIpc) is 2.87. The Bertz CT molecular complexity index is 507. The molecule has 1 N–H and O–H groups in total. The van der Waals surface area contributed by atoms with Crippen molar-refractivity contribution in [2.24, 2.45) is 5.41 Å². The number of nitrogens with one attached hydrogen (secondary N) is 1. The molecular formula is C15H24N2O3. The van der Waals surface area contributed by atoms with Gasteiger partial charge in [0.25, 0.3) is 5.91 Å². The summed E-state index contributed by atoms with van der Waals surface area (Å²) in [6.07, 6.45) is 2.13. The molecule has 1 aromatic heterocycles. The van der Waals surface area contributed by atoms with Gasteiger partial charge in [0, 0.05) is 24.5 Å². The van der Waals surface area contributed by atoms with Crippen molar-refractivity contribution < 1.29 is 13.9 Å². The predicted octanol–water partition coefficient (Wildman–Crippen LogP) is 2.73. The summed E-state index contributed by atoms with van der Waals surface area (Å²) in [4.78, 5) is 16.4. The summed E-state index contributed by atoms with van der Waals surface area (Å²) in [5.41, 5.74) is 0.0798. The highest BCUT2D eigenvalue weighted by Crippen LogP contribution is 2.51. The monoisotopic (exact) mass is 280 g/mol. The van der Waals surface area contributed by atoms with Crippen molar-refractivity contribution in [2.75, 3.05) is 7.11 Å². The van der Waals surface area contributed by atoms with Gasteiger partial charge in [0.05, 0.1) is 5.60 Å². The van der Waals surface area contributed by atoms with Gasteiger partial charge in [0.1, 0.15) is 5.76 Å². The molecule has 0 aliphatic heterocycles.